The zero-order valence-electron chi connectivity index (χ0n) is 9.13. The Bertz CT molecular complexity index is 592. The van der Waals surface area contributed by atoms with Gasteiger partial charge in [0.25, 0.3) is 5.56 Å². The van der Waals surface area contributed by atoms with Gasteiger partial charge in [-0.05, 0) is 47.2 Å². The number of aromatic nitrogens is 2. The quantitative estimate of drug-likeness (QED) is 0.837. The van der Waals surface area contributed by atoms with E-state index < -0.39 is 0 Å². The molecule has 0 aliphatic carbocycles. The highest BCUT2D eigenvalue weighted by Crippen LogP contribution is 2.12. The average molecular weight is 361 g/mol. The van der Waals surface area contributed by atoms with E-state index in [2.05, 4.69) is 9.97 Å². The number of benzene rings is 1. The summed E-state index contributed by atoms with van der Waals surface area (Å²) in [6.45, 7) is 1.84. The van der Waals surface area contributed by atoms with Gasteiger partial charge in [-0.2, -0.15) is 0 Å². The molecule has 0 saturated heterocycles. The van der Waals surface area contributed by atoms with Gasteiger partial charge in [-0.1, -0.05) is 23.7 Å². The van der Waals surface area contributed by atoms with Crippen molar-refractivity contribution >= 4 is 34.2 Å². The Morgan fingerprint density at radius 1 is 1.35 bits per heavy atom. The molecule has 0 radical (unpaired) electrons. The van der Waals surface area contributed by atoms with Gasteiger partial charge in [-0.25, -0.2) is 4.98 Å². The Hall–Kier alpha value is -0.880. The standard InChI is InChI=1S/C12H10ClIN2O/c1-7-11(14)12(17)16-10(15-7)6-8-2-4-9(13)5-3-8/h2-5H,6H2,1H3,(H,15,16,17). The summed E-state index contributed by atoms with van der Waals surface area (Å²) in [4.78, 5) is 18.7. The van der Waals surface area contributed by atoms with Gasteiger partial charge in [0.05, 0.1) is 9.26 Å². The number of aryl methyl sites for hydroxylation is 1. The maximum absolute atomic E-state index is 11.6. The summed E-state index contributed by atoms with van der Waals surface area (Å²) in [5.41, 5.74) is 1.75. The summed E-state index contributed by atoms with van der Waals surface area (Å²) in [5.74, 6) is 0.676. The number of hydrogen-bond acceptors (Lipinski definition) is 2. The van der Waals surface area contributed by atoms with Crippen molar-refractivity contribution in [1.82, 2.24) is 9.97 Å². The second kappa shape index (κ2) is 5.18. The third-order valence-electron chi connectivity index (χ3n) is 2.36. The second-order valence-electron chi connectivity index (χ2n) is 3.72. The molecule has 17 heavy (non-hydrogen) atoms. The largest absolute Gasteiger partial charge is 0.309 e. The van der Waals surface area contributed by atoms with Crippen LogP contribution in [0, 0.1) is 10.5 Å². The van der Waals surface area contributed by atoms with Crippen molar-refractivity contribution in [3.63, 3.8) is 0 Å². The minimum Gasteiger partial charge on any atom is -0.309 e. The molecule has 1 heterocycles. The van der Waals surface area contributed by atoms with Gasteiger partial charge >= 0.3 is 0 Å². The third kappa shape index (κ3) is 3.07. The lowest BCUT2D eigenvalue weighted by Crippen LogP contribution is -2.16. The molecule has 0 saturated carbocycles. The van der Waals surface area contributed by atoms with Crippen molar-refractivity contribution in [2.45, 2.75) is 13.3 Å². The van der Waals surface area contributed by atoms with E-state index in [1.54, 1.807) is 0 Å². The molecule has 1 N–H and O–H groups in total. The number of aromatic amines is 1. The molecule has 0 unspecified atom stereocenters. The first-order chi connectivity index (χ1) is 8.06. The molecule has 0 aliphatic rings. The maximum Gasteiger partial charge on any atom is 0.264 e. The van der Waals surface area contributed by atoms with Crippen LogP contribution >= 0.6 is 34.2 Å². The van der Waals surface area contributed by atoms with E-state index in [0.717, 1.165) is 11.3 Å². The molecule has 5 heteroatoms. The van der Waals surface area contributed by atoms with E-state index in [0.29, 0.717) is 20.8 Å². The van der Waals surface area contributed by atoms with E-state index in [9.17, 15) is 4.79 Å². The predicted octanol–water partition coefficient (Wildman–Crippen LogP) is 2.93. The van der Waals surface area contributed by atoms with Gasteiger partial charge < -0.3 is 4.98 Å². The molecule has 1 aromatic carbocycles. The lowest BCUT2D eigenvalue weighted by Gasteiger charge is -2.03. The summed E-state index contributed by atoms with van der Waals surface area (Å²) >= 11 is 7.81. The van der Waals surface area contributed by atoms with Gasteiger partial charge in [0.1, 0.15) is 5.82 Å². The van der Waals surface area contributed by atoms with Crippen LogP contribution in [0.3, 0.4) is 0 Å². The molecular formula is C12H10ClIN2O. The van der Waals surface area contributed by atoms with Gasteiger partial charge in [0.15, 0.2) is 0 Å². The van der Waals surface area contributed by atoms with Gasteiger partial charge in [0, 0.05) is 11.4 Å². The number of nitrogens with zero attached hydrogens (tertiary/aromatic N) is 1. The first-order valence-corrected chi connectivity index (χ1v) is 6.51. The lowest BCUT2D eigenvalue weighted by molar-refractivity contribution is 0.910. The number of rotatable bonds is 2. The second-order valence-corrected chi connectivity index (χ2v) is 5.23. The molecule has 0 amide bonds. The van der Waals surface area contributed by atoms with E-state index in [-0.39, 0.29) is 5.56 Å². The zero-order chi connectivity index (χ0) is 12.4. The SMILES string of the molecule is Cc1nc(Cc2ccc(Cl)cc2)[nH]c(=O)c1I. The Balaban J connectivity index is 2.30. The third-order valence-corrected chi connectivity index (χ3v) is 3.88. The molecular weight excluding hydrogens is 351 g/mol. The first-order valence-electron chi connectivity index (χ1n) is 5.06. The van der Waals surface area contributed by atoms with Crippen molar-refractivity contribution in [3.8, 4) is 0 Å². The molecule has 0 atom stereocenters. The number of H-pyrrole nitrogens is 1. The van der Waals surface area contributed by atoms with E-state index >= 15 is 0 Å². The zero-order valence-corrected chi connectivity index (χ0v) is 12.0. The summed E-state index contributed by atoms with van der Waals surface area (Å²) in [6, 6.07) is 7.51. The van der Waals surface area contributed by atoms with Gasteiger partial charge in [-0.15, -0.1) is 0 Å². The van der Waals surface area contributed by atoms with Crippen molar-refractivity contribution in [3.05, 3.63) is 60.3 Å². The Labute approximate surface area is 117 Å². The summed E-state index contributed by atoms with van der Waals surface area (Å²) in [7, 11) is 0. The molecule has 1 aromatic heterocycles. The number of halogens is 2. The molecule has 0 fully saturated rings. The lowest BCUT2D eigenvalue weighted by atomic mass is 10.1. The monoisotopic (exact) mass is 360 g/mol. The van der Waals surface area contributed by atoms with Crippen molar-refractivity contribution < 1.29 is 0 Å². The van der Waals surface area contributed by atoms with Gasteiger partial charge in [0.2, 0.25) is 0 Å². The number of hydrogen-bond donors (Lipinski definition) is 1. The van der Waals surface area contributed by atoms with E-state index in [4.69, 9.17) is 11.6 Å². The van der Waals surface area contributed by atoms with Crippen LogP contribution < -0.4 is 5.56 Å². The van der Waals surface area contributed by atoms with Crippen LogP contribution in [0.15, 0.2) is 29.1 Å². The highest BCUT2D eigenvalue weighted by Gasteiger charge is 2.05. The van der Waals surface area contributed by atoms with Crippen LogP contribution in [0.25, 0.3) is 0 Å². The van der Waals surface area contributed by atoms with Crippen molar-refractivity contribution in [2.24, 2.45) is 0 Å². The average Bonchev–Trinajstić information content (AvgIpc) is 2.29. The van der Waals surface area contributed by atoms with Crippen LogP contribution in [-0.2, 0) is 6.42 Å². The van der Waals surface area contributed by atoms with Gasteiger partial charge in [-0.3, -0.25) is 4.79 Å². The highest BCUT2D eigenvalue weighted by atomic mass is 127. The Morgan fingerprint density at radius 2 is 2.00 bits per heavy atom. The van der Waals surface area contributed by atoms with Crippen LogP contribution in [0.5, 0.6) is 0 Å². The van der Waals surface area contributed by atoms with Crippen LogP contribution in [-0.4, -0.2) is 9.97 Å². The molecule has 3 nitrogen and oxygen atoms in total. The smallest absolute Gasteiger partial charge is 0.264 e. The van der Waals surface area contributed by atoms with Crippen LogP contribution in [0.4, 0.5) is 0 Å². The van der Waals surface area contributed by atoms with Crippen molar-refractivity contribution in [1.29, 1.82) is 0 Å². The molecule has 2 aromatic rings. The minimum atomic E-state index is -0.0814. The van der Waals surface area contributed by atoms with E-state index in [1.807, 2.05) is 53.8 Å². The maximum atomic E-state index is 11.6. The predicted molar refractivity (Wildman–Crippen MR) is 76.6 cm³/mol. The van der Waals surface area contributed by atoms with Crippen molar-refractivity contribution in [2.75, 3.05) is 0 Å². The minimum absolute atomic E-state index is 0.0814. The molecule has 88 valence electrons. The highest BCUT2D eigenvalue weighted by molar-refractivity contribution is 14.1. The van der Waals surface area contributed by atoms with Crippen LogP contribution in [0.1, 0.15) is 17.1 Å². The Kier molecular flexibility index (Phi) is 3.83. The summed E-state index contributed by atoms with van der Waals surface area (Å²) in [5, 5.41) is 0.703. The van der Waals surface area contributed by atoms with E-state index in [1.165, 1.54) is 0 Å². The normalized spacial score (nSPS) is 10.5. The number of nitrogens with one attached hydrogen (secondary N) is 1. The first kappa shape index (κ1) is 12.6. The molecule has 0 bridgehead atoms. The molecule has 2 rings (SSSR count). The molecule has 0 spiro atoms. The summed E-state index contributed by atoms with van der Waals surface area (Å²) in [6.07, 6.45) is 0.601. The summed E-state index contributed by atoms with van der Waals surface area (Å²) < 4.78 is 0.641. The topological polar surface area (TPSA) is 45.8 Å². The van der Waals surface area contributed by atoms with Crippen LogP contribution in [0.2, 0.25) is 5.02 Å². The fraction of sp³-hybridized carbons (Fsp3) is 0.167. The fourth-order valence-electron chi connectivity index (χ4n) is 1.51. The molecule has 0 aliphatic heterocycles. The fourth-order valence-corrected chi connectivity index (χ4v) is 1.89. The Morgan fingerprint density at radius 3 is 2.59 bits per heavy atom.